The lowest BCUT2D eigenvalue weighted by Crippen LogP contribution is -1.84. The molecule has 0 aliphatic carbocycles. The Morgan fingerprint density at radius 3 is 2.54 bits per heavy atom. The molecule has 66 valence electrons. The maximum absolute atomic E-state index is 4.49. The van der Waals surface area contributed by atoms with E-state index < -0.39 is 0 Å². The minimum Gasteiger partial charge on any atom is -0.143 e. The highest BCUT2D eigenvalue weighted by atomic mass is 32.1. The summed E-state index contributed by atoms with van der Waals surface area (Å²) in [6, 6.07) is 10.6. The summed E-state index contributed by atoms with van der Waals surface area (Å²) in [6.07, 6.45) is 0. The average Bonchev–Trinajstić information content (AvgIpc) is 2.15. The van der Waals surface area contributed by atoms with Gasteiger partial charge < -0.3 is 0 Å². The Balaban J connectivity index is 2.94. The van der Waals surface area contributed by atoms with E-state index in [-0.39, 0.29) is 0 Å². The van der Waals surface area contributed by atoms with Crippen molar-refractivity contribution in [2.75, 3.05) is 0 Å². The highest BCUT2D eigenvalue weighted by Gasteiger charge is 2.02. The molecule has 0 amide bonds. The number of thiol groups is 1. The van der Waals surface area contributed by atoms with Gasteiger partial charge in [0.05, 0.1) is 0 Å². The Morgan fingerprint density at radius 2 is 1.77 bits per heavy atom. The van der Waals surface area contributed by atoms with Crippen LogP contribution in [0.4, 0.5) is 0 Å². The quantitative estimate of drug-likeness (QED) is 0.598. The van der Waals surface area contributed by atoms with Gasteiger partial charge in [-0.15, -0.1) is 12.6 Å². The third-order valence-electron chi connectivity index (χ3n) is 2.47. The second-order valence-corrected chi connectivity index (χ2v) is 3.84. The van der Waals surface area contributed by atoms with E-state index >= 15 is 0 Å². The third-order valence-corrected chi connectivity index (χ3v) is 3.15. The van der Waals surface area contributed by atoms with Gasteiger partial charge >= 0.3 is 0 Å². The predicted octanol–water partition coefficient (Wildman–Crippen LogP) is 3.75. The fraction of sp³-hybridized carbons (Fsp3) is 0.167. The van der Waals surface area contributed by atoms with Crippen molar-refractivity contribution in [3.63, 3.8) is 0 Å². The molecule has 2 aromatic rings. The van der Waals surface area contributed by atoms with E-state index in [0.717, 1.165) is 4.90 Å². The van der Waals surface area contributed by atoms with Crippen LogP contribution in [0.2, 0.25) is 0 Å². The molecule has 2 aromatic carbocycles. The SMILES string of the molecule is Cc1cc2ccccc2c(C)c1S. The van der Waals surface area contributed by atoms with E-state index in [4.69, 9.17) is 0 Å². The van der Waals surface area contributed by atoms with Gasteiger partial charge in [0, 0.05) is 4.90 Å². The molecule has 0 N–H and O–H groups in total. The first-order chi connectivity index (χ1) is 6.20. The zero-order valence-corrected chi connectivity index (χ0v) is 8.73. The van der Waals surface area contributed by atoms with Crippen molar-refractivity contribution in [3.05, 3.63) is 41.5 Å². The lowest BCUT2D eigenvalue weighted by atomic mass is 10.0. The molecule has 0 fully saturated rings. The Hall–Kier alpha value is -0.950. The summed E-state index contributed by atoms with van der Waals surface area (Å²) in [5.41, 5.74) is 2.53. The van der Waals surface area contributed by atoms with Crippen LogP contribution >= 0.6 is 12.6 Å². The zero-order valence-electron chi connectivity index (χ0n) is 7.83. The zero-order chi connectivity index (χ0) is 9.42. The molecule has 0 aliphatic rings. The van der Waals surface area contributed by atoms with Crippen LogP contribution in [0, 0.1) is 13.8 Å². The van der Waals surface area contributed by atoms with Crippen molar-refractivity contribution >= 4 is 23.4 Å². The first-order valence-corrected chi connectivity index (χ1v) is 4.83. The average molecular weight is 188 g/mol. The van der Waals surface area contributed by atoms with Crippen molar-refractivity contribution in [2.24, 2.45) is 0 Å². The van der Waals surface area contributed by atoms with Gasteiger partial charge in [0.15, 0.2) is 0 Å². The molecule has 0 aliphatic heterocycles. The molecule has 0 saturated carbocycles. The number of hydrogen-bond acceptors (Lipinski definition) is 1. The summed E-state index contributed by atoms with van der Waals surface area (Å²) in [5.74, 6) is 0. The summed E-state index contributed by atoms with van der Waals surface area (Å²) >= 11 is 4.49. The first kappa shape index (κ1) is 8.64. The summed E-state index contributed by atoms with van der Waals surface area (Å²) in [6.45, 7) is 4.22. The Morgan fingerprint density at radius 1 is 1.08 bits per heavy atom. The summed E-state index contributed by atoms with van der Waals surface area (Å²) in [5, 5.41) is 2.61. The van der Waals surface area contributed by atoms with Gasteiger partial charge in [-0.2, -0.15) is 0 Å². The van der Waals surface area contributed by atoms with Crippen molar-refractivity contribution in [1.82, 2.24) is 0 Å². The standard InChI is InChI=1S/C12H12S/c1-8-7-10-5-3-4-6-11(10)9(2)12(8)13/h3-7,13H,1-2H3. The molecule has 13 heavy (non-hydrogen) atoms. The van der Waals surface area contributed by atoms with Crippen molar-refractivity contribution in [3.8, 4) is 0 Å². The van der Waals surface area contributed by atoms with Crippen LogP contribution < -0.4 is 0 Å². The van der Waals surface area contributed by atoms with E-state index in [1.54, 1.807) is 0 Å². The molecular weight excluding hydrogens is 176 g/mol. The molecule has 0 bridgehead atoms. The van der Waals surface area contributed by atoms with Gasteiger partial charge in [-0.1, -0.05) is 30.3 Å². The summed E-state index contributed by atoms with van der Waals surface area (Å²) in [4.78, 5) is 1.11. The molecule has 1 heteroatoms. The van der Waals surface area contributed by atoms with Crippen LogP contribution in [0.3, 0.4) is 0 Å². The number of hydrogen-bond donors (Lipinski definition) is 1. The molecule has 0 heterocycles. The lowest BCUT2D eigenvalue weighted by Gasteiger charge is -2.07. The largest absolute Gasteiger partial charge is 0.143 e. The Labute approximate surface area is 84.0 Å². The van der Waals surface area contributed by atoms with Crippen molar-refractivity contribution in [1.29, 1.82) is 0 Å². The second kappa shape index (κ2) is 3.08. The number of rotatable bonds is 0. The first-order valence-electron chi connectivity index (χ1n) is 4.38. The van der Waals surface area contributed by atoms with E-state index in [0.29, 0.717) is 0 Å². The van der Waals surface area contributed by atoms with Crippen LogP contribution in [0.15, 0.2) is 35.2 Å². The van der Waals surface area contributed by atoms with Crippen molar-refractivity contribution in [2.45, 2.75) is 18.7 Å². The van der Waals surface area contributed by atoms with Gasteiger partial charge in [0.25, 0.3) is 0 Å². The Bertz CT molecular complexity index is 458. The van der Waals surface area contributed by atoms with Crippen molar-refractivity contribution < 1.29 is 0 Å². The van der Waals surface area contributed by atoms with E-state index in [1.807, 2.05) is 0 Å². The maximum Gasteiger partial charge on any atom is 0.0105 e. The summed E-state index contributed by atoms with van der Waals surface area (Å²) < 4.78 is 0. The van der Waals surface area contributed by atoms with Gasteiger partial charge in [-0.05, 0) is 35.7 Å². The van der Waals surface area contributed by atoms with Crippen LogP contribution in [0.5, 0.6) is 0 Å². The van der Waals surface area contributed by atoms with Crippen LogP contribution in [-0.2, 0) is 0 Å². The lowest BCUT2D eigenvalue weighted by molar-refractivity contribution is 1.26. The molecule has 0 radical (unpaired) electrons. The predicted molar refractivity (Wildman–Crippen MR) is 60.7 cm³/mol. The topological polar surface area (TPSA) is 0 Å². The normalized spacial score (nSPS) is 10.7. The number of benzene rings is 2. The van der Waals surface area contributed by atoms with Crippen LogP contribution in [0.25, 0.3) is 10.8 Å². The molecule has 0 saturated heterocycles. The third kappa shape index (κ3) is 1.33. The van der Waals surface area contributed by atoms with Crippen LogP contribution in [-0.4, -0.2) is 0 Å². The smallest absolute Gasteiger partial charge is 0.0105 e. The van der Waals surface area contributed by atoms with Gasteiger partial charge in [-0.3, -0.25) is 0 Å². The molecule has 0 atom stereocenters. The molecule has 0 nitrogen and oxygen atoms in total. The molecular formula is C12H12S. The molecule has 0 spiro atoms. The van der Waals surface area contributed by atoms with E-state index in [1.165, 1.54) is 21.9 Å². The minimum absolute atomic E-state index is 1.11. The fourth-order valence-corrected chi connectivity index (χ4v) is 1.87. The summed E-state index contributed by atoms with van der Waals surface area (Å²) in [7, 11) is 0. The molecule has 0 unspecified atom stereocenters. The van der Waals surface area contributed by atoms with Crippen LogP contribution in [0.1, 0.15) is 11.1 Å². The van der Waals surface area contributed by atoms with E-state index in [2.05, 4.69) is 56.8 Å². The fourth-order valence-electron chi connectivity index (χ4n) is 1.69. The minimum atomic E-state index is 1.11. The molecule has 0 aromatic heterocycles. The molecule has 2 rings (SSSR count). The number of aryl methyl sites for hydroxylation is 2. The van der Waals surface area contributed by atoms with Gasteiger partial charge in [0.1, 0.15) is 0 Å². The van der Waals surface area contributed by atoms with Gasteiger partial charge in [0.2, 0.25) is 0 Å². The number of fused-ring (bicyclic) bond motifs is 1. The maximum atomic E-state index is 4.49. The van der Waals surface area contributed by atoms with Gasteiger partial charge in [-0.25, -0.2) is 0 Å². The monoisotopic (exact) mass is 188 g/mol. The Kier molecular flexibility index (Phi) is 2.04. The highest BCUT2D eigenvalue weighted by molar-refractivity contribution is 7.80. The van der Waals surface area contributed by atoms with E-state index in [9.17, 15) is 0 Å². The second-order valence-electron chi connectivity index (χ2n) is 3.39. The highest BCUT2D eigenvalue weighted by Crippen LogP contribution is 2.27.